The number of para-hydroxylation sites is 1. The number of pyridine rings is 2. The van der Waals surface area contributed by atoms with E-state index >= 15 is 0 Å². The molecule has 0 spiro atoms. The molecule has 0 atom stereocenters. The van der Waals surface area contributed by atoms with E-state index in [2.05, 4.69) is 4.98 Å². The predicted molar refractivity (Wildman–Crippen MR) is 74.3 cm³/mol. The molecule has 0 fully saturated rings. The molecule has 0 aliphatic rings. The van der Waals surface area contributed by atoms with Crippen LogP contribution in [0, 0.1) is 0 Å². The third kappa shape index (κ3) is 1.95. The number of carboxylic acid groups (broad SMARTS) is 1. The fraction of sp³-hybridized carbons (Fsp3) is 0. The minimum absolute atomic E-state index is 0.0747. The maximum absolute atomic E-state index is 12.4. The van der Waals surface area contributed by atoms with Crippen LogP contribution >= 0.6 is 0 Å². The largest absolute Gasteiger partial charge is 0.477 e. The summed E-state index contributed by atoms with van der Waals surface area (Å²) in [5.41, 5.74) is 0.830. The summed E-state index contributed by atoms with van der Waals surface area (Å²) in [4.78, 5) is 27.2. The third-order valence-corrected chi connectivity index (χ3v) is 3.01. The van der Waals surface area contributed by atoms with E-state index in [1.54, 1.807) is 12.3 Å². The van der Waals surface area contributed by atoms with Gasteiger partial charge in [-0.05, 0) is 30.3 Å². The summed E-state index contributed by atoms with van der Waals surface area (Å²) in [6.45, 7) is 0. The smallest absolute Gasteiger partial charge is 0.354 e. The lowest BCUT2D eigenvalue weighted by molar-refractivity contribution is 0.0691. The van der Waals surface area contributed by atoms with Crippen LogP contribution in [0.4, 0.5) is 0 Å². The lowest BCUT2D eigenvalue weighted by Gasteiger charge is -2.06. The molecule has 0 amide bonds. The molecule has 0 bridgehead atoms. The van der Waals surface area contributed by atoms with E-state index in [0.717, 1.165) is 5.69 Å². The van der Waals surface area contributed by atoms with Gasteiger partial charge in [0.1, 0.15) is 5.69 Å². The minimum atomic E-state index is -1.11. The molecule has 98 valence electrons. The van der Waals surface area contributed by atoms with Crippen LogP contribution in [0.5, 0.6) is 0 Å². The molecule has 0 saturated heterocycles. The third-order valence-electron chi connectivity index (χ3n) is 3.01. The first kappa shape index (κ1) is 12.1. The molecule has 1 aromatic carbocycles. The molecule has 2 aromatic heterocycles. The quantitative estimate of drug-likeness (QED) is 0.770. The van der Waals surface area contributed by atoms with Gasteiger partial charge in [0, 0.05) is 11.9 Å². The van der Waals surface area contributed by atoms with Crippen molar-refractivity contribution >= 4 is 16.9 Å². The number of aromatic carboxylic acids is 1. The van der Waals surface area contributed by atoms with Crippen molar-refractivity contribution in [2.75, 3.05) is 0 Å². The van der Waals surface area contributed by atoms with E-state index in [9.17, 15) is 9.59 Å². The van der Waals surface area contributed by atoms with Gasteiger partial charge in [-0.25, -0.2) is 9.78 Å². The Morgan fingerprint density at radius 1 is 1.05 bits per heavy atom. The fourth-order valence-corrected chi connectivity index (χ4v) is 2.04. The summed E-state index contributed by atoms with van der Waals surface area (Å²) in [5.74, 6) is -1.11. The molecule has 3 rings (SSSR count). The Morgan fingerprint density at radius 2 is 1.80 bits per heavy atom. The number of nitrogens with zero attached hydrogens (tertiary/aromatic N) is 2. The summed E-state index contributed by atoms with van der Waals surface area (Å²) < 4.78 is 1.50. The Hall–Kier alpha value is -2.95. The van der Waals surface area contributed by atoms with Crippen LogP contribution in [-0.2, 0) is 0 Å². The molecule has 2 heterocycles. The number of carbonyl (C=O) groups is 1. The molecule has 5 nitrogen and oxygen atoms in total. The molecular weight excluding hydrogens is 256 g/mol. The van der Waals surface area contributed by atoms with E-state index in [0.29, 0.717) is 10.9 Å². The number of hydrogen-bond acceptors (Lipinski definition) is 3. The van der Waals surface area contributed by atoms with Crippen LogP contribution < -0.4 is 5.56 Å². The van der Waals surface area contributed by atoms with Gasteiger partial charge in [0.2, 0.25) is 0 Å². The SMILES string of the molecule is O=C(O)c1ccc2c(=O)n(-c3ccccc3)ccc2n1. The van der Waals surface area contributed by atoms with Gasteiger partial charge in [0.15, 0.2) is 0 Å². The predicted octanol–water partition coefficient (Wildman–Crippen LogP) is 2.08. The summed E-state index contributed by atoms with van der Waals surface area (Å²) in [6.07, 6.45) is 1.60. The first-order chi connectivity index (χ1) is 9.66. The molecule has 20 heavy (non-hydrogen) atoms. The lowest BCUT2D eigenvalue weighted by atomic mass is 10.2. The van der Waals surface area contributed by atoms with Gasteiger partial charge in [-0.1, -0.05) is 18.2 Å². The molecule has 0 unspecified atom stereocenters. The highest BCUT2D eigenvalue weighted by atomic mass is 16.4. The van der Waals surface area contributed by atoms with Crippen molar-refractivity contribution in [2.24, 2.45) is 0 Å². The van der Waals surface area contributed by atoms with Gasteiger partial charge in [-0.2, -0.15) is 0 Å². The second-order valence-electron chi connectivity index (χ2n) is 4.26. The van der Waals surface area contributed by atoms with Crippen LogP contribution in [-0.4, -0.2) is 20.6 Å². The molecular formula is C15H10N2O3. The maximum Gasteiger partial charge on any atom is 0.354 e. The van der Waals surface area contributed by atoms with Crippen LogP contribution in [0.15, 0.2) is 59.5 Å². The highest BCUT2D eigenvalue weighted by Crippen LogP contribution is 2.11. The standard InChI is InChI=1S/C15H10N2O3/c18-14-11-6-7-13(15(19)20)16-12(11)8-9-17(14)10-4-2-1-3-5-10/h1-9H,(H,19,20). The first-order valence-electron chi connectivity index (χ1n) is 5.98. The van der Waals surface area contributed by atoms with Gasteiger partial charge < -0.3 is 5.11 Å². The number of rotatable bonds is 2. The summed E-state index contributed by atoms with van der Waals surface area (Å²) >= 11 is 0. The van der Waals surface area contributed by atoms with Crippen molar-refractivity contribution in [3.05, 3.63) is 70.8 Å². The first-order valence-corrected chi connectivity index (χ1v) is 5.98. The van der Waals surface area contributed by atoms with Crippen molar-refractivity contribution in [3.63, 3.8) is 0 Å². The zero-order valence-corrected chi connectivity index (χ0v) is 10.4. The van der Waals surface area contributed by atoms with E-state index in [4.69, 9.17) is 5.11 Å². The van der Waals surface area contributed by atoms with Gasteiger partial charge in [-0.15, -0.1) is 0 Å². The fourth-order valence-electron chi connectivity index (χ4n) is 2.04. The molecule has 0 aliphatic heterocycles. The Balaban J connectivity index is 2.25. The van der Waals surface area contributed by atoms with Crippen molar-refractivity contribution in [2.45, 2.75) is 0 Å². The van der Waals surface area contributed by atoms with Crippen LogP contribution in [0.2, 0.25) is 0 Å². The zero-order valence-electron chi connectivity index (χ0n) is 10.4. The number of benzene rings is 1. The molecule has 0 aliphatic carbocycles. The van der Waals surface area contributed by atoms with Crippen molar-refractivity contribution in [1.29, 1.82) is 0 Å². The number of fused-ring (bicyclic) bond motifs is 1. The lowest BCUT2D eigenvalue weighted by Crippen LogP contribution is -2.18. The Morgan fingerprint density at radius 3 is 2.50 bits per heavy atom. The summed E-state index contributed by atoms with van der Waals surface area (Å²) in [5, 5.41) is 9.29. The van der Waals surface area contributed by atoms with Crippen LogP contribution in [0.1, 0.15) is 10.5 Å². The monoisotopic (exact) mass is 266 g/mol. The summed E-state index contributed by atoms with van der Waals surface area (Å²) in [7, 11) is 0. The van der Waals surface area contributed by atoms with Crippen molar-refractivity contribution in [1.82, 2.24) is 9.55 Å². The van der Waals surface area contributed by atoms with E-state index < -0.39 is 5.97 Å². The normalized spacial score (nSPS) is 10.6. The molecule has 3 aromatic rings. The Bertz CT molecular complexity index is 854. The van der Waals surface area contributed by atoms with Gasteiger partial charge in [0.25, 0.3) is 5.56 Å². The number of aromatic nitrogens is 2. The minimum Gasteiger partial charge on any atom is -0.477 e. The van der Waals surface area contributed by atoms with Crippen molar-refractivity contribution in [3.8, 4) is 5.69 Å². The molecule has 0 radical (unpaired) electrons. The van der Waals surface area contributed by atoms with E-state index in [1.165, 1.54) is 16.7 Å². The topological polar surface area (TPSA) is 72.2 Å². The second kappa shape index (κ2) is 4.62. The van der Waals surface area contributed by atoms with Gasteiger partial charge in [-0.3, -0.25) is 9.36 Å². The van der Waals surface area contributed by atoms with Crippen molar-refractivity contribution < 1.29 is 9.90 Å². The Labute approximate surface area is 113 Å². The van der Waals surface area contributed by atoms with E-state index in [-0.39, 0.29) is 11.3 Å². The highest BCUT2D eigenvalue weighted by molar-refractivity contribution is 5.89. The average molecular weight is 266 g/mol. The zero-order chi connectivity index (χ0) is 14.1. The Kier molecular flexibility index (Phi) is 2.80. The molecule has 5 heteroatoms. The summed E-state index contributed by atoms with van der Waals surface area (Å²) in [6, 6.07) is 13.7. The van der Waals surface area contributed by atoms with Crippen LogP contribution in [0.3, 0.4) is 0 Å². The molecule has 0 saturated carbocycles. The van der Waals surface area contributed by atoms with Gasteiger partial charge >= 0.3 is 5.97 Å². The van der Waals surface area contributed by atoms with Gasteiger partial charge in [0.05, 0.1) is 10.9 Å². The number of carboxylic acids is 1. The average Bonchev–Trinajstić information content (AvgIpc) is 2.48. The second-order valence-corrected chi connectivity index (χ2v) is 4.26. The maximum atomic E-state index is 12.4. The van der Waals surface area contributed by atoms with Crippen LogP contribution in [0.25, 0.3) is 16.6 Å². The highest BCUT2D eigenvalue weighted by Gasteiger charge is 2.09. The van der Waals surface area contributed by atoms with E-state index in [1.807, 2.05) is 30.3 Å². The number of hydrogen-bond donors (Lipinski definition) is 1. The molecule has 1 N–H and O–H groups in total.